The summed E-state index contributed by atoms with van der Waals surface area (Å²) in [5, 5.41) is 0. The predicted octanol–water partition coefficient (Wildman–Crippen LogP) is 5.07. The summed E-state index contributed by atoms with van der Waals surface area (Å²) in [6, 6.07) is 16.6. The molecule has 0 aliphatic carbocycles. The maximum Gasteiger partial charge on any atom is 0.268 e. The lowest BCUT2D eigenvalue weighted by atomic mass is 10.1. The van der Waals surface area contributed by atoms with Crippen molar-refractivity contribution in [1.82, 2.24) is 0 Å². The number of aryl methyl sites for hydroxylation is 1. The molecule has 1 aliphatic rings. The Hall–Kier alpha value is -2.44. The lowest BCUT2D eigenvalue weighted by Gasteiger charge is -2.23. The van der Waals surface area contributed by atoms with Gasteiger partial charge in [0.25, 0.3) is 5.91 Å². The number of fused-ring (bicyclic) bond motifs is 3. The normalized spacial score (nSPS) is 14.2. The van der Waals surface area contributed by atoms with Gasteiger partial charge in [-0.1, -0.05) is 43.3 Å². The maximum absolute atomic E-state index is 13.4. The highest BCUT2D eigenvalue weighted by Crippen LogP contribution is 2.43. The molecule has 0 radical (unpaired) electrons. The number of benzene rings is 2. The van der Waals surface area contributed by atoms with Gasteiger partial charge < -0.3 is 4.90 Å². The molecule has 0 bridgehead atoms. The predicted molar refractivity (Wildman–Crippen MR) is 114 cm³/mol. The minimum absolute atomic E-state index is 0.0543. The van der Waals surface area contributed by atoms with Crippen molar-refractivity contribution < 1.29 is 13.2 Å². The monoisotopic (exact) mass is 411 g/mol. The van der Waals surface area contributed by atoms with E-state index >= 15 is 0 Å². The number of sulfone groups is 1. The van der Waals surface area contributed by atoms with Crippen molar-refractivity contribution in [2.24, 2.45) is 0 Å². The number of rotatable bonds is 4. The minimum atomic E-state index is -3.38. The summed E-state index contributed by atoms with van der Waals surface area (Å²) >= 11 is 1.39. The van der Waals surface area contributed by atoms with Gasteiger partial charge in [-0.2, -0.15) is 0 Å². The molecular formula is C22H21NO3S2. The van der Waals surface area contributed by atoms with Crippen molar-refractivity contribution in [2.75, 3.05) is 11.4 Å². The van der Waals surface area contributed by atoms with E-state index in [4.69, 9.17) is 0 Å². The van der Waals surface area contributed by atoms with Gasteiger partial charge in [-0.25, -0.2) is 8.42 Å². The van der Waals surface area contributed by atoms with Crippen LogP contribution >= 0.6 is 11.3 Å². The molecule has 2 aromatic carbocycles. The molecule has 4 nitrogen and oxygen atoms in total. The summed E-state index contributed by atoms with van der Waals surface area (Å²) in [5.41, 5.74) is 3.35. The van der Waals surface area contributed by atoms with E-state index < -0.39 is 9.84 Å². The Balaban J connectivity index is 1.79. The highest BCUT2D eigenvalue weighted by atomic mass is 32.2. The molecule has 0 fully saturated rings. The van der Waals surface area contributed by atoms with E-state index in [-0.39, 0.29) is 11.7 Å². The summed E-state index contributed by atoms with van der Waals surface area (Å²) in [6.45, 7) is 4.65. The van der Waals surface area contributed by atoms with Crippen LogP contribution in [0.25, 0.3) is 10.4 Å². The van der Waals surface area contributed by atoms with Crippen LogP contribution in [-0.2, 0) is 15.6 Å². The second-order valence-corrected chi connectivity index (χ2v) is 9.97. The van der Waals surface area contributed by atoms with E-state index in [1.807, 2.05) is 50.2 Å². The molecule has 144 valence electrons. The van der Waals surface area contributed by atoms with Crippen LogP contribution < -0.4 is 4.90 Å². The SMILES string of the molecule is CCCN(C(=O)c1cc2c(s1)-c1ccccc1S(=O)(=O)C2)c1ccccc1C. The third-order valence-electron chi connectivity index (χ3n) is 4.93. The van der Waals surface area contributed by atoms with Crippen molar-refractivity contribution in [3.05, 3.63) is 70.6 Å². The van der Waals surface area contributed by atoms with Crippen LogP contribution in [0.5, 0.6) is 0 Å². The summed E-state index contributed by atoms with van der Waals surface area (Å²) in [6.07, 6.45) is 0.836. The fourth-order valence-electron chi connectivity index (χ4n) is 3.63. The fourth-order valence-corrected chi connectivity index (χ4v) is 6.54. The molecular weight excluding hydrogens is 390 g/mol. The molecule has 3 aromatic rings. The van der Waals surface area contributed by atoms with Gasteiger partial charge in [0.2, 0.25) is 0 Å². The van der Waals surface area contributed by atoms with Gasteiger partial charge in [-0.05, 0) is 42.7 Å². The number of carbonyl (C=O) groups excluding carboxylic acids is 1. The number of anilines is 1. The second kappa shape index (κ2) is 7.18. The van der Waals surface area contributed by atoms with Crippen LogP contribution in [0.15, 0.2) is 59.5 Å². The van der Waals surface area contributed by atoms with E-state index in [9.17, 15) is 13.2 Å². The summed E-state index contributed by atoms with van der Waals surface area (Å²) in [7, 11) is -3.38. The average Bonchev–Trinajstić information content (AvgIpc) is 3.10. The van der Waals surface area contributed by atoms with Crippen LogP contribution in [-0.4, -0.2) is 20.9 Å². The van der Waals surface area contributed by atoms with Gasteiger partial charge in [0, 0.05) is 22.7 Å². The molecule has 0 saturated carbocycles. The van der Waals surface area contributed by atoms with E-state index in [0.717, 1.165) is 22.5 Å². The van der Waals surface area contributed by atoms with E-state index in [1.54, 1.807) is 23.1 Å². The Morgan fingerprint density at radius 2 is 1.82 bits per heavy atom. The largest absolute Gasteiger partial charge is 0.307 e. The van der Waals surface area contributed by atoms with Crippen molar-refractivity contribution in [3.8, 4) is 10.4 Å². The molecule has 0 saturated heterocycles. The standard InChI is InChI=1S/C22H21NO3S2/c1-3-12-23(18-10-6-4-8-15(18)2)22(24)19-13-16-14-28(25,26)20-11-7-5-9-17(20)21(16)27-19/h4-11,13H,3,12,14H2,1-2H3. The molecule has 0 unspecified atom stereocenters. The van der Waals surface area contributed by atoms with Crippen LogP contribution in [0.2, 0.25) is 0 Å². The zero-order chi connectivity index (χ0) is 19.9. The number of thiophene rings is 1. The number of amides is 1. The number of nitrogens with zero attached hydrogens (tertiary/aromatic N) is 1. The molecule has 0 atom stereocenters. The first-order valence-electron chi connectivity index (χ1n) is 9.24. The second-order valence-electron chi connectivity index (χ2n) is 6.96. The molecule has 1 amide bonds. The van der Waals surface area contributed by atoms with E-state index in [2.05, 4.69) is 0 Å². The summed E-state index contributed by atoms with van der Waals surface area (Å²) in [5.74, 6) is -0.133. The van der Waals surface area contributed by atoms with Gasteiger partial charge in [-0.3, -0.25) is 4.79 Å². The molecule has 1 aliphatic heterocycles. The molecule has 0 spiro atoms. The highest BCUT2D eigenvalue weighted by Gasteiger charge is 2.31. The number of hydrogen-bond acceptors (Lipinski definition) is 4. The number of para-hydroxylation sites is 1. The highest BCUT2D eigenvalue weighted by molar-refractivity contribution is 7.91. The van der Waals surface area contributed by atoms with E-state index in [1.165, 1.54) is 11.3 Å². The van der Waals surface area contributed by atoms with Gasteiger partial charge in [0.1, 0.15) is 0 Å². The van der Waals surface area contributed by atoms with Crippen molar-refractivity contribution in [3.63, 3.8) is 0 Å². The third kappa shape index (κ3) is 3.16. The van der Waals surface area contributed by atoms with Crippen molar-refractivity contribution >= 4 is 32.8 Å². The van der Waals surface area contributed by atoms with Crippen LogP contribution in [0.1, 0.15) is 34.1 Å². The molecule has 28 heavy (non-hydrogen) atoms. The molecule has 0 N–H and O–H groups in total. The Bertz CT molecular complexity index is 1160. The maximum atomic E-state index is 13.4. The van der Waals surface area contributed by atoms with Gasteiger partial charge in [0.15, 0.2) is 9.84 Å². The Morgan fingerprint density at radius 3 is 2.57 bits per heavy atom. The summed E-state index contributed by atoms with van der Waals surface area (Å²) in [4.78, 5) is 17.0. The fraction of sp³-hybridized carbons (Fsp3) is 0.227. The topological polar surface area (TPSA) is 54.5 Å². The van der Waals surface area contributed by atoms with Crippen LogP contribution in [0.4, 0.5) is 5.69 Å². The molecule has 4 rings (SSSR count). The Kier molecular flexibility index (Phi) is 4.85. The number of carbonyl (C=O) groups is 1. The molecule has 1 aromatic heterocycles. The number of hydrogen-bond donors (Lipinski definition) is 0. The lowest BCUT2D eigenvalue weighted by molar-refractivity contribution is 0.0990. The Labute approximate surface area is 169 Å². The van der Waals surface area contributed by atoms with Gasteiger partial charge in [-0.15, -0.1) is 11.3 Å². The molecule has 2 heterocycles. The zero-order valence-corrected chi connectivity index (χ0v) is 17.4. The first kappa shape index (κ1) is 18.9. The average molecular weight is 412 g/mol. The van der Waals surface area contributed by atoms with Crippen LogP contribution in [0.3, 0.4) is 0 Å². The smallest absolute Gasteiger partial charge is 0.268 e. The summed E-state index contributed by atoms with van der Waals surface area (Å²) < 4.78 is 25.3. The first-order chi connectivity index (χ1) is 13.4. The lowest BCUT2D eigenvalue weighted by Crippen LogP contribution is -2.31. The molecule has 6 heteroatoms. The van der Waals surface area contributed by atoms with Crippen molar-refractivity contribution in [2.45, 2.75) is 30.9 Å². The quantitative estimate of drug-likeness (QED) is 0.602. The van der Waals surface area contributed by atoms with Crippen molar-refractivity contribution in [1.29, 1.82) is 0 Å². The first-order valence-corrected chi connectivity index (χ1v) is 11.7. The van der Waals surface area contributed by atoms with Gasteiger partial charge in [0.05, 0.1) is 15.5 Å². The zero-order valence-electron chi connectivity index (χ0n) is 15.8. The Morgan fingerprint density at radius 1 is 1.11 bits per heavy atom. The minimum Gasteiger partial charge on any atom is -0.307 e. The van der Waals surface area contributed by atoms with Gasteiger partial charge >= 0.3 is 0 Å². The van der Waals surface area contributed by atoms with Crippen LogP contribution in [0, 0.1) is 6.92 Å². The third-order valence-corrected chi connectivity index (χ3v) is 7.85. The van der Waals surface area contributed by atoms with E-state index in [0.29, 0.717) is 27.4 Å².